The van der Waals surface area contributed by atoms with Gasteiger partial charge in [0, 0.05) is 12.2 Å². The van der Waals surface area contributed by atoms with E-state index in [0.29, 0.717) is 28.6 Å². The third kappa shape index (κ3) is 7.26. The number of rotatable bonds is 8. The minimum atomic E-state index is -3.11. The minimum absolute atomic E-state index is 0.00738. The summed E-state index contributed by atoms with van der Waals surface area (Å²) in [4.78, 5) is 9.20. The molecule has 0 fully saturated rings. The number of hydrogen-bond acceptors (Lipinski definition) is 8. The maximum atomic E-state index is 14.8. The van der Waals surface area contributed by atoms with Crippen molar-refractivity contribution in [1.82, 2.24) is 29.9 Å². The van der Waals surface area contributed by atoms with E-state index in [0.717, 1.165) is 29.8 Å². The number of methoxy groups -OCH3 is 1. The third-order valence-corrected chi connectivity index (χ3v) is 9.26. The first kappa shape index (κ1) is 33.8. The van der Waals surface area contributed by atoms with Crippen LogP contribution in [0.4, 0.5) is 4.39 Å². The monoisotopic (exact) mass is 610 g/mol. The number of hydrogen-bond donors (Lipinski definition) is 0. The Morgan fingerprint density at radius 1 is 1.09 bits per heavy atom. The number of fused-ring (bicyclic) bond motifs is 1. The van der Waals surface area contributed by atoms with Crippen LogP contribution in [0.3, 0.4) is 0 Å². The van der Waals surface area contributed by atoms with Crippen LogP contribution in [-0.2, 0) is 21.7 Å². The molecule has 1 aliphatic carbocycles. The quantitative estimate of drug-likeness (QED) is 0.222. The summed E-state index contributed by atoms with van der Waals surface area (Å²) in [6.07, 6.45) is 3.50. The molecule has 3 aromatic heterocycles. The van der Waals surface area contributed by atoms with E-state index in [9.17, 15) is 12.8 Å². The van der Waals surface area contributed by atoms with Crippen molar-refractivity contribution >= 4 is 9.84 Å². The summed E-state index contributed by atoms with van der Waals surface area (Å²) in [5.74, 6) is 1.33. The number of aryl methyl sites for hydroxylation is 1. The molecule has 4 aromatic rings. The topological polar surface area (TPSA) is 113 Å². The highest BCUT2D eigenvalue weighted by atomic mass is 32.2. The molecule has 0 saturated carbocycles. The molecule has 43 heavy (non-hydrogen) atoms. The zero-order chi connectivity index (χ0) is 31.8. The van der Waals surface area contributed by atoms with Gasteiger partial charge in [-0.3, -0.25) is 0 Å². The standard InChI is InChI=1S/C28H31FN6O3S.2C2H6/c1-5-39(36,37)15-13-24-30-17-35(34-24)25-11-7-10-23(31-25)28(3)14-12-18(2)19-16-21(32-33-27(19)28)26-20(29)8-6-9-22(26)38-4;2*1-2/h6-11,16-18H,5,12-15H2,1-4H3;2*1-2H3/t18-,28+;;/m0../s1. The fourth-order valence-corrected chi connectivity index (χ4v) is 5.84. The summed E-state index contributed by atoms with van der Waals surface area (Å²) < 4.78 is 45.5. The van der Waals surface area contributed by atoms with Gasteiger partial charge in [-0.25, -0.2) is 27.5 Å². The van der Waals surface area contributed by atoms with Gasteiger partial charge in [0.2, 0.25) is 0 Å². The molecule has 0 bridgehead atoms. The first-order valence-corrected chi connectivity index (χ1v) is 16.8. The van der Waals surface area contributed by atoms with E-state index in [4.69, 9.17) is 9.72 Å². The molecule has 11 heteroatoms. The van der Waals surface area contributed by atoms with E-state index < -0.39 is 21.1 Å². The molecule has 0 amide bonds. The predicted octanol–water partition coefficient (Wildman–Crippen LogP) is 6.50. The van der Waals surface area contributed by atoms with Crippen LogP contribution in [0.2, 0.25) is 0 Å². The Morgan fingerprint density at radius 3 is 2.51 bits per heavy atom. The average molecular weight is 611 g/mol. The Labute approximate surface area is 254 Å². The number of aromatic nitrogens is 6. The molecule has 9 nitrogen and oxygen atoms in total. The summed E-state index contributed by atoms with van der Waals surface area (Å²) in [5.41, 5.74) is 2.83. The number of pyridine rings is 1. The summed E-state index contributed by atoms with van der Waals surface area (Å²) in [6, 6.07) is 12.3. The van der Waals surface area contributed by atoms with Crippen molar-refractivity contribution in [2.45, 2.75) is 79.1 Å². The Morgan fingerprint density at radius 2 is 1.81 bits per heavy atom. The number of sulfone groups is 1. The summed E-state index contributed by atoms with van der Waals surface area (Å²) in [6.45, 7) is 13.9. The lowest BCUT2D eigenvalue weighted by atomic mass is 9.69. The van der Waals surface area contributed by atoms with Crippen molar-refractivity contribution in [1.29, 1.82) is 0 Å². The van der Waals surface area contributed by atoms with Gasteiger partial charge in [0.15, 0.2) is 11.6 Å². The maximum Gasteiger partial charge on any atom is 0.155 e. The van der Waals surface area contributed by atoms with Crippen molar-refractivity contribution in [3.05, 3.63) is 77.4 Å². The molecule has 0 aliphatic heterocycles. The molecular formula is C32H43FN6O3S. The van der Waals surface area contributed by atoms with Crippen molar-refractivity contribution in [3.8, 4) is 22.8 Å². The van der Waals surface area contributed by atoms with Gasteiger partial charge in [0.05, 0.1) is 40.9 Å². The van der Waals surface area contributed by atoms with E-state index >= 15 is 0 Å². The van der Waals surface area contributed by atoms with Crippen LogP contribution < -0.4 is 4.74 Å². The molecule has 0 saturated heterocycles. The number of ether oxygens (including phenoxy) is 1. The van der Waals surface area contributed by atoms with Gasteiger partial charge in [0.1, 0.15) is 27.7 Å². The first-order chi connectivity index (χ1) is 20.6. The van der Waals surface area contributed by atoms with Gasteiger partial charge in [0.25, 0.3) is 0 Å². The number of nitrogens with zero attached hydrogens (tertiary/aromatic N) is 6. The fourth-order valence-electron chi connectivity index (χ4n) is 5.06. The van der Waals surface area contributed by atoms with Crippen LogP contribution in [0.25, 0.3) is 17.1 Å². The van der Waals surface area contributed by atoms with E-state index in [1.54, 1.807) is 30.1 Å². The summed E-state index contributed by atoms with van der Waals surface area (Å²) >= 11 is 0. The third-order valence-electron chi connectivity index (χ3n) is 7.56. The second-order valence-corrected chi connectivity index (χ2v) is 12.6. The Bertz CT molecular complexity index is 1630. The number of benzene rings is 1. The normalized spacial score (nSPS) is 17.6. The van der Waals surface area contributed by atoms with Gasteiger partial charge < -0.3 is 4.74 Å². The van der Waals surface area contributed by atoms with Crippen molar-refractivity contribution < 1.29 is 17.5 Å². The molecule has 232 valence electrons. The van der Waals surface area contributed by atoms with E-state index in [1.165, 1.54) is 13.2 Å². The first-order valence-electron chi connectivity index (χ1n) is 14.9. The molecule has 0 spiro atoms. The van der Waals surface area contributed by atoms with Gasteiger partial charge in [-0.15, -0.1) is 10.2 Å². The fraction of sp³-hybridized carbons (Fsp3) is 0.469. The molecule has 1 aliphatic rings. The largest absolute Gasteiger partial charge is 0.496 e. The average Bonchev–Trinajstić information content (AvgIpc) is 3.53. The summed E-state index contributed by atoms with van der Waals surface area (Å²) in [5, 5.41) is 13.6. The second kappa shape index (κ2) is 14.6. The SMILES string of the molecule is CC.CC.CCS(=O)(=O)CCc1ncn(-c2cccc([C@@]3(C)CC[C@H](C)c4cc(-c5c(F)cccc5OC)nnc43)n2)n1. The smallest absolute Gasteiger partial charge is 0.155 e. The highest BCUT2D eigenvalue weighted by Gasteiger charge is 2.40. The molecule has 0 radical (unpaired) electrons. The van der Waals surface area contributed by atoms with Crippen LogP contribution >= 0.6 is 0 Å². The van der Waals surface area contributed by atoms with Gasteiger partial charge in [-0.2, -0.15) is 5.10 Å². The molecule has 0 N–H and O–H groups in total. The van der Waals surface area contributed by atoms with E-state index in [1.807, 2.05) is 52.0 Å². The molecule has 5 rings (SSSR count). The van der Waals surface area contributed by atoms with Crippen molar-refractivity contribution in [3.63, 3.8) is 0 Å². The lowest BCUT2D eigenvalue weighted by molar-refractivity contribution is 0.403. The second-order valence-electron chi connectivity index (χ2n) is 10.1. The van der Waals surface area contributed by atoms with Crippen molar-refractivity contribution in [2.24, 2.45) is 0 Å². The van der Waals surface area contributed by atoms with Gasteiger partial charge in [-0.1, -0.05) is 53.7 Å². The Balaban J connectivity index is 0.00000121. The lowest BCUT2D eigenvalue weighted by Gasteiger charge is -2.37. The van der Waals surface area contributed by atoms with Crippen LogP contribution in [0, 0.1) is 5.82 Å². The Kier molecular flexibility index (Phi) is 11.5. The minimum Gasteiger partial charge on any atom is -0.496 e. The number of halogens is 1. The van der Waals surface area contributed by atoms with Crippen molar-refractivity contribution in [2.75, 3.05) is 18.6 Å². The van der Waals surface area contributed by atoms with E-state index in [-0.39, 0.29) is 23.8 Å². The van der Waals surface area contributed by atoms with Gasteiger partial charge in [-0.05, 0) is 61.6 Å². The zero-order valence-electron chi connectivity index (χ0n) is 26.4. The molecular weight excluding hydrogens is 567 g/mol. The molecule has 2 atom stereocenters. The lowest BCUT2D eigenvalue weighted by Crippen LogP contribution is -2.33. The van der Waals surface area contributed by atoms with Gasteiger partial charge >= 0.3 is 0 Å². The van der Waals surface area contributed by atoms with Crippen LogP contribution in [-0.4, -0.2) is 57.0 Å². The summed E-state index contributed by atoms with van der Waals surface area (Å²) in [7, 11) is -1.60. The highest BCUT2D eigenvalue weighted by Crippen LogP contribution is 2.46. The van der Waals surface area contributed by atoms with Crippen LogP contribution in [0.1, 0.15) is 90.0 Å². The molecule has 3 heterocycles. The van der Waals surface area contributed by atoms with Crippen LogP contribution in [0.15, 0.2) is 48.8 Å². The molecule has 0 unspecified atom stereocenters. The predicted molar refractivity (Wildman–Crippen MR) is 168 cm³/mol. The molecule has 1 aromatic carbocycles. The maximum absolute atomic E-state index is 14.8. The highest BCUT2D eigenvalue weighted by molar-refractivity contribution is 7.91. The Hall–Kier alpha value is -3.73. The van der Waals surface area contributed by atoms with Crippen LogP contribution in [0.5, 0.6) is 5.75 Å². The van der Waals surface area contributed by atoms with E-state index in [2.05, 4.69) is 34.1 Å². The zero-order valence-corrected chi connectivity index (χ0v) is 27.2.